The van der Waals surface area contributed by atoms with Gasteiger partial charge in [0.2, 0.25) is 11.8 Å². The zero-order chi connectivity index (χ0) is 24.7. The number of hydrogen-bond donors (Lipinski definition) is 1. The summed E-state index contributed by atoms with van der Waals surface area (Å²) in [6.07, 6.45) is 4.83. The first kappa shape index (κ1) is 26.9. The smallest absolute Gasteiger partial charge is 0.243 e. The molecule has 2 aromatic carbocycles. The first-order chi connectivity index (χ1) is 16.3. The van der Waals surface area contributed by atoms with E-state index in [0.29, 0.717) is 22.2 Å². The predicted molar refractivity (Wildman–Crippen MR) is 144 cm³/mol. The van der Waals surface area contributed by atoms with Gasteiger partial charge < -0.3 is 10.2 Å². The zero-order valence-corrected chi connectivity index (χ0v) is 22.5. The molecule has 3 rings (SSSR count). The van der Waals surface area contributed by atoms with Crippen LogP contribution < -0.4 is 5.32 Å². The Morgan fingerprint density at radius 2 is 1.76 bits per heavy atom. The summed E-state index contributed by atoms with van der Waals surface area (Å²) >= 11 is 14.1. The number of amides is 2. The minimum absolute atomic E-state index is 0.0613. The van der Waals surface area contributed by atoms with Crippen molar-refractivity contribution in [2.75, 3.05) is 5.75 Å². The van der Waals surface area contributed by atoms with E-state index in [1.165, 1.54) is 16.7 Å². The summed E-state index contributed by atoms with van der Waals surface area (Å²) in [6.45, 7) is 6.39. The average Bonchev–Trinajstić information content (AvgIpc) is 3.27. The maximum Gasteiger partial charge on any atom is 0.243 e. The highest BCUT2D eigenvalue weighted by Gasteiger charge is 2.30. The number of thioether (sulfide) groups is 1. The van der Waals surface area contributed by atoms with Gasteiger partial charge in [-0.1, -0.05) is 78.4 Å². The van der Waals surface area contributed by atoms with Gasteiger partial charge in [-0.2, -0.15) is 0 Å². The van der Waals surface area contributed by atoms with Crippen LogP contribution in [0.2, 0.25) is 10.0 Å². The van der Waals surface area contributed by atoms with Gasteiger partial charge in [-0.15, -0.1) is 11.8 Å². The second-order valence-corrected chi connectivity index (χ2v) is 11.0. The first-order valence-electron chi connectivity index (χ1n) is 12.0. The molecular weight excluding hydrogens is 487 g/mol. The van der Waals surface area contributed by atoms with E-state index in [-0.39, 0.29) is 24.4 Å². The van der Waals surface area contributed by atoms with Gasteiger partial charge in [0.05, 0.1) is 5.75 Å². The lowest BCUT2D eigenvalue weighted by molar-refractivity contribution is -0.139. The van der Waals surface area contributed by atoms with Gasteiger partial charge in [0.1, 0.15) is 6.04 Å². The summed E-state index contributed by atoms with van der Waals surface area (Å²) in [7, 11) is 0. The van der Waals surface area contributed by atoms with Gasteiger partial charge in [0, 0.05) is 28.4 Å². The molecule has 0 spiro atoms. The van der Waals surface area contributed by atoms with Crippen molar-refractivity contribution in [3.63, 3.8) is 0 Å². The molecule has 7 heteroatoms. The van der Waals surface area contributed by atoms with E-state index in [0.717, 1.165) is 37.0 Å². The van der Waals surface area contributed by atoms with E-state index >= 15 is 0 Å². The molecule has 0 bridgehead atoms. The number of halogens is 2. The van der Waals surface area contributed by atoms with Gasteiger partial charge >= 0.3 is 0 Å². The van der Waals surface area contributed by atoms with Crippen molar-refractivity contribution in [1.82, 2.24) is 10.2 Å². The van der Waals surface area contributed by atoms with Gasteiger partial charge in [-0.25, -0.2) is 0 Å². The van der Waals surface area contributed by atoms with E-state index in [1.54, 1.807) is 28.8 Å². The number of benzene rings is 2. The van der Waals surface area contributed by atoms with E-state index in [4.69, 9.17) is 23.2 Å². The summed E-state index contributed by atoms with van der Waals surface area (Å²) in [5, 5.41) is 4.22. The van der Waals surface area contributed by atoms with Gasteiger partial charge in [0.25, 0.3) is 0 Å². The Morgan fingerprint density at radius 1 is 1.09 bits per heavy atom. The molecule has 0 aromatic heterocycles. The summed E-state index contributed by atoms with van der Waals surface area (Å²) in [5.41, 5.74) is 4.42. The van der Waals surface area contributed by atoms with Crippen molar-refractivity contribution in [3.8, 4) is 0 Å². The number of carbonyl (C=O) groups excluding carboxylic acids is 2. The van der Waals surface area contributed by atoms with Crippen LogP contribution in [-0.2, 0) is 21.9 Å². The predicted octanol–water partition coefficient (Wildman–Crippen LogP) is 6.71. The number of nitrogens with one attached hydrogen (secondary N) is 1. The molecule has 0 unspecified atom stereocenters. The quantitative estimate of drug-likeness (QED) is 0.378. The third-order valence-electron chi connectivity index (χ3n) is 6.22. The van der Waals surface area contributed by atoms with Crippen molar-refractivity contribution in [3.05, 3.63) is 68.7 Å². The molecule has 1 fully saturated rings. The van der Waals surface area contributed by atoms with Crippen LogP contribution in [-0.4, -0.2) is 34.6 Å². The van der Waals surface area contributed by atoms with Crippen LogP contribution in [0, 0.1) is 13.8 Å². The second kappa shape index (κ2) is 12.9. The number of carbonyl (C=O) groups is 2. The lowest BCUT2D eigenvalue weighted by Crippen LogP contribution is -2.51. The number of hydrogen-bond acceptors (Lipinski definition) is 3. The van der Waals surface area contributed by atoms with Crippen LogP contribution in [0.4, 0.5) is 0 Å². The Hall–Kier alpha value is -1.69. The third-order valence-corrected chi connectivity index (χ3v) is 7.79. The maximum absolute atomic E-state index is 13.4. The van der Waals surface area contributed by atoms with E-state index < -0.39 is 6.04 Å². The molecule has 0 saturated heterocycles. The third kappa shape index (κ3) is 7.66. The lowest BCUT2D eigenvalue weighted by Gasteiger charge is -2.31. The molecule has 2 aromatic rings. The normalized spacial score (nSPS) is 14.7. The highest BCUT2D eigenvalue weighted by Crippen LogP contribution is 2.25. The number of rotatable bonds is 10. The Kier molecular flexibility index (Phi) is 10.2. The Morgan fingerprint density at radius 3 is 2.38 bits per heavy atom. The minimum atomic E-state index is -0.540. The molecule has 1 aliphatic rings. The molecule has 1 aliphatic carbocycles. The Bertz CT molecular complexity index is 988. The SMILES string of the molecule is CC[C@@H](C(=O)NC1CCCC1)N(Cc1ccc(Cl)cc1Cl)C(=O)CSCc1cc(C)cc(C)c1. The van der Waals surface area contributed by atoms with Crippen LogP contribution >= 0.6 is 35.0 Å². The van der Waals surface area contributed by atoms with Crippen LogP contribution in [0.3, 0.4) is 0 Å². The lowest BCUT2D eigenvalue weighted by atomic mass is 10.1. The highest BCUT2D eigenvalue weighted by atomic mass is 35.5. The molecule has 184 valence electrons. The van der Waals surface area contributed by atoms with E-state index in [1.807, 2.05) is 13.0 Å². The van der Waals surface area contributed by atoms with Crippen molar-refractivity contribution in [2.45, 2.75) is 77.3 Å². The molecule has 0 heterocycles. The summed E-state index contributed by atoms with van der Waals surface area (Å²) < 4.78 is 0. The van der Waals surface area contributed by atoms with Gasteiger partial charge in [-0.3, -0.25) is 9.59 Å². The van der Waals surface area contributed by atoms with E-state index in [2.05, 4.69) is 37.4 Å². The monoisotopic (exact) mass is 520 g/mol. The summed E-state index contributed by atoms with van der Waals surface area (Å²) in [6, 6.07) is 11.4. The second-order valence-electron chi connectivity index (χ2n) is 9.16. The van der Waals surface area contributed by atoms with Crippen LogP contribution in [0.5, 0.6) is 0 Å². The summed E-state index contributed by atoms with van der Waals surface area (Å²) in [4.78, 5) is 28.3. The Labute approximate surface area is 217 Å². The average molecular weight is 522 g/mol. The van der Waals surface area contributed by atoms with Crippen LogP contribution in [0.15, 0.2) is 36.4 Å². The molecule has 0 aliphatic heterocycles. The Balaban J connectivity index is 1.74. The maximum atomic E-state index is 13.4. The fourth-order valence-electron chi connectivity index (χ4n) is 4.61. The molecule has 0 radical (unpaired) electrons. The molecule has 1 atom stereocenters. The molecular formula is C27H34Cl2N2O2S. The van der Waals surface area contributed by atoms with Crippen LogP contribution in [0.25, 0.3) is 0 Å². The molecule has 4 nitrogen and oxygen atoms in total. The van der Waals surface area contributed by atoms with E-state index in [9.17, 15) is 9.59 Å². The minimum Gasteiger partial charge on any atom is -0.352 e. The highest BCUT2D eigenvalue weighted by molar-refractivity contribution is 7.99. The molecule has 34 heavy (non-hydrogen) atoms. The summed E-state index contributed by atoms with van der Waals surface area (Å²) in [5.74, 6) is 0.904. The fraction of sp³-hybridized carbons (Fsp3) is 0.481. The molecule has 2 amide bonds. The largest absolute Gasteiger partial charge is 0.352 e. The number of nitrogens with zero attached hydrogens (tertiary/aromatic N) is 1. The zero-order valence-electron chi connectivity index (χ0n) is 20.2. The van der Waals surface area contributed by atoms with Crippen LogP contribution in [0.1, 0.15) is 61.3 Å². The number of aryl methyl sites for hydroxylation is 2. The van der Waals surface area contributed by atoms with Gasteiger partial charge in [-0.05, 0) is 56.4 Å². The topological polar surface area (TPSA) is 49.4 Å². The van der Waals surface area contributed by atoms with Gasteiger partial charge in [0.15, 0.2) is 0 Å². The first-order valence-corrected chi connectivity index (χ1v) is 13.9. The molecule has 1 N–H and O–H groups in total. The standard InChI is InChI=1S/C27H34Cl2N2O2S/c1-4-25(27(33)30-23-7-5-6-8-23)31(15-21-9-10-22(28)14-24(21)29)26(32)17-34-16-20-12-18(2)11-19(3)13-20/h9-14,23,25H,4-8,15-17H2,1-3H3,(H,30,33)/t25-/m0/s1. The van der Waals surface area contributed by atoms with Crippen molar-refractivity contribution in [1.29, 1.82) is 0 Å². The van der Waals surface area contributed by atoms with Crippen molar-refractivity contribution in [2.24, 2.45) is 0 Å². The molecule has 1 saturated carbocycles. The van der Waals surface area contributed by atoms with Crippen molar-refractivity contribution >= 4 is 46.8 Å². The fourth-order valence-corrected chi connectivity index (χ4v) is 5.93. The van der Waals surface area contributed by atoms with Crippen molar-refractivity contribution < 1.29 is 9.59 Å².